The summed E-state index contributed by atoms with van der Waals surface area (Å²) in [6, 6.07) is 12.5. The second-order valence-electron chi connectivity index (χ2n) is 7.36. The Morgan fingerprint density at radius 1 is 0.971 bits per heavy atom. The number of aromatic nitrogens is 2. The molecule has 172 valence electrons. The Balaban J connectivity index is 1.55. The number of aromatic amines is 1. The highest BCUT2D eigenvalue weighted by molar-refractivity contribution is 6.04. The maximum absolute atomic E-state index is 14.4. The molecule has 0 saturated carbocycles. The van der Waals surface area contributed by atoms with Gasteiger partial charge in [0.2, 0.25) is 0 Å². The molecule has 1 amide bonds. The fourth-order valence-corrected chi connectivity index (χ4v) is 3.18. The lowest BCUT2D eigenvalue weighted by atomic mass is 10.1. The molecule has 4 aromatic rings. The summed E-state index contributed by atoms with van der Waals surface area (Å²) in [4.78, 5) is 31.4. The topological polar surface area (TPSA) is 93.3 Å². The number of ether oxygens (including phenoxy) is 2. The Hall–Kier alpha value is -4.53. The molecule has 34 heavy (non-hydrogen) atoms. The van der Waals surface area contributed by atoms with E-state index in [1.54, 1.807) is 25.1 Å². The highest BCUT2D eigenvalue weighted by atomic mass is 19.1. The summed E-state index contributed by atoms with van der Waals surface area (Å²) < 4.78 is 38.8. The van der Waals surface area contributed by atoms with Crippen LogP contribution in [0.3, 0.4) is 0 Å². The fourth-order valence-electron chi connectivity index (χ4n) is 3.18. The number of nitrogens with one attached hydrogen (secondary N) is 2. The Morgan fingerprint density at radius 3 is 2.56 bits per heavy atom. The van der Waals surface area contributed by atoms with Gasteiger partial charge in [-0.25, -0.2) is 13.6 Å². The van der Waals surface area contributed by atoms with Crippen LogP contribution in [-0.4, -0.2) is 29.0 Å². The zero-order chi connectivity index (χ0) is 24.2. The number of hydrogen-bond donors (Lipinski definition) is 2. The summed E-state index contributed by atoms with van der Waals surface area (Å²) in [5, 5.41) is 2.48. The number of amides is 1. The minimum atomic E-state index is -0.690. The molecule has 0 aliphatic rings. The van der Waals surface area contributed by atoms with Gasteiger partial charge in [0.05, 0.1) is 29.7 Å². The molecule has 4 rings (SSSR count). The van der Waals surface area contributed by atoms with Crippen LogP contribution in [0, 0.1) is 18.6 Å². The van der Waals surface area contributed by atoms with Gasteiger partial charge in [-0.2, -0.15) is 0 Å². The van der Waals surface area contributed by atoms with Gasteiger partial charge in [0.15, 0.2) is 11.6 Å². The van der Waals surface area contributed by atoms with Gasteiger partial charge in [-0.15, -0.1) is 0 Å². The van der Waals surface area contributed by atoms with Gasteiger partial charge in [-0.05, 0) is 55.0 Å². The minimum absolute atomic E-state index is 0.0211. The van der Waals surface area contributed by atoms with E-state index in [4.69, 9.17) is 4.74 Å². The second-order valence-corrected chi connectivity index (χ2v) is 7.36. The van der Waals surface area contributed by atoms with E-state index in [0.29, 0.717) is 17.0 Å². The number of halogens is 2. The number of hydrogen-bond acceptors (Lipinski definition) is 5. The fraction of sp³-hybridized carbons (Fsp3) is 0.0800. The molecule has 0 atom stereocenters. The third kappa shape index (κ3) is 4.93. The number of methoxy groups -OCH3 is 1. The number of aryl methyl sites for hydroxylation is 1. The SMILES string of the molecule is COC(=O)c1c[nH]c(-c2cc(Oc3cc(C(=O)Nc4cc(C)ccc4F)ccc3F)ccn2)c1. The van der Waals surface area contributed by atoms with Crippen LogP contribution in [-0.2, 0) is 4.74 Å². The second kappa shape index (κ2) is 9.53. The van der Waals surface area contributed by atoms with Crippen LogP contribution in [0.1, 0.15) is 26.3 Å². The van der Waals surface area contributed by atoms with Crippen molar-refractivity contribution in [3.8, 4) is 22.9 Å². The lowest BCUT2D eigenvalue weighted by molar-refractivity contribution is 0.0601. The molecule has 0 aliphatic carbocycles. The normalized spacial score (nSPS) is 10.6. The number of rotatable bonds is 6. The summed E-state index contributed by atoms with van der Waals surface area (Å²) in [6.45, 7) is 1.77. The molecular weight excluding hydrogens is 444 g/mol. The quantitative estimate of drug-likeness (QED) is 0.369. The number of carbonyl (C=O) groups is 2. The molecule has 2 heterocycles. The lowest BCUT2D eigenvalue weighted by Gasteiger charge is -2.11. The van der Waals surface area contributed by atoms with Crippen LogP contribution in [0.2, 0.25) is 0 Å². The first kappa shape index (κ1) is 22.7. The van der Waals surface area contributed by atoms with Crippen molar-refractivity contribution in [2.45, 2.75) is 6.92 Å². The maximum atomic E-state index is 14.4. The number of nitrogens with zero attached hydrogens (tertiary/aromatic N) is 1. The van der Waals surface area contributed by atoms with E-state index in [-0.39, 0.29) is 22.7 Å². The van der Waals surface area contributed by atoms with E-state index in [1.807, 2.05) is 0 Å². The monoisotopic (exact) mass is 463 g/mol. The van der Waals surface area contributed by atoms with Gasteiger partial charge in [0.1, 0.15) is 11.6 Å². The molecule has 0 fully saturated rings. The maximum Gasteiger partial charge on any atom is 0.339 e. The number of esters is 1. The predicted octanol–water partition coefficient (Wildman–Crippen LogP) is 5.49. The van der Waals surface area contributed by atoms with Crippen molar-refractivity contribution in [3.63, 3.8) is 0 Å². The van der Waals surface area contributed by atoms with Crippen LogP contribution in [0.5, 0.6) is 11.5 Å². The average Bonchev–Trinajstić information content (AvgIpc) is 3.33. The predicted molar refractivity (Wildman–Crippen MR) is 121 cm³/mol. The summed E-state index contributed by atoms with van der Waals surface area (Å²) in [5.74, 6) is -2.34. The zero-order valence-corrected chi connectivity index (χ0v) is 18.2. The Bertz CT molecular complexity index is 1380. The van der Waals surface area contributed by atoms with E-state index in [9.17, 15) is 18.4 Å². The molecular formula is C25H19F2N3O4. The summed E-state index contributed by atoms with van der Waals surface area (Å²) in [6.07, 6.45) is 2.94. The summed E-state index contributed by atoms with van der Waals surface area (Å²) >= 11 is 0. The van der Waals surface area contributed by atoms with Gasteiger partial charge in [0.25, 0.3) is 5.91 Å². The zero-order valence-electron chi connectivity index (χ0n) is 18.2. The third-order valence-corrected chi connectivity index (χ3v) is 4.90. The average molecular weight is 463 g/mol. The molecule has 2 aromatic carbocycles. The number of anilines is 1. The van der Waals surface area contributed by atoms with E-state index < -0.39 is 23.5 Å². The highest BCUT2D eigenvalue weighted by Gasteiger charge is 2.15. The Morgan fingerprint density at radius 2 is 1.76 bits per heavy atom. The van der Waals surface area contributed by atoms with Crippen molar-refractivity contribution >= 4 is 17.6 Å². The smallest absolute Gasteiger partial charge is 0.339 e. The van der Waals surface area contributed by atoms with Crippen LogP contribution in [0.4, 0.5) is 14.5 Å². The molecule has 0 saturated heterocycles. The first-order chi connectivity index (χ1) is 16.3. The van der Waals surface area contributed by atoms with Gasteiger partial charge in [0, 0.05) is 24.0 Å². The summed E-state index contributed by atoms with van der Waals surface area (Å²) in [5.41, 5.74) is 2.16. The molecule has 0 spiro atoms. The van der Waals surface area contributed by atoms with Crippen molar-refractivity contribution in [2.75, 3.05) is 12.4 Å². The van der Waals surface area contributed by atoms with Crippen molar-refractivity contribution in [1.29, 1.82) is 0 Å². The van der Waals surface area contributed by atoms with E-state index in [1.165, 1.54) is 49.8 Å². The van der Waals surface area contributed by atoms with Crippen molar-refractivity contribution in [1.82, 2.24) is 9.97 Å². The van der Waals surface area contributed by atoms with E-state index in [0.717, 1.165) is 11.6 Å². The van der Waals surface area contributed by atoms with Crippen molar-refractivity contribution < 1.29 is 27.8 Å². The number of pyridine rings is 1. The number of benzene rings is 2. The molecule has 2 N–H and O–H groups in total. The first-order valence-electron chi connectivity index (χ1n) is 10.1. The van der Waals surface area contributed by atoms with Crippen LogP contribution in [0.15, 0.2) is 67.0 Å². The first-order valence-corrected chi connectivity index (χ1v) is 10.1. The number of carbonyl (C=O) groups excluding carboxylic acids is 2. The molecule has 0 bridgehead atoms. The van der Waals surface area contributed by atoms with Crippen LogP contribution >= 0.6 is 0 Å². The highest BCUT2D eigenvalue weighted by Crippen LogP contribution is 2.29. The molecule has 2 aromatic heterocycles. The molecule has 0 unspecified atom stereocenters. The summed E-state index contributed by atoms with van der Waals surface area (Å²) in [7, 11) is 1.28. The molecule has 0 aliphatic heterocycles. The van der Waals surface area contributed by atoms with Gasteiger partial charge >= 0.3 is 5.97 Å². The number of H-pyrrole nitrogens is 1. The lowest BCUT2D eigenvalue weighted by Crippen LogP contribution is -2.13. The third-order valence-electron chi connectivity index (χ3n) is 4.90. The van der Waals surface area contributed by atoms with Gasteiger partial charge in [-0.3, -0.25) is 9.78 Å². The van der Waals surface area contributed by atoms with Gasteiger partial charge < -0.3 is 19.8 Å². The van der Waals surface area contributed by atoms with Gasteiger partial charge in [-0.1, -0.05) is 6.07 Å². The minimum Gasteiger partial charge on any atom is -0.465 e. The molecule has 7 nitrogen and oxygen atoms in total. The standard InChI is InChI=1S/C25H19F2N3O4/c1-14-3-5-18(26)20(9-14)30-24(31)15-4-6-19(27)23(11-15)34-17-7-8-28-22(12-17)21-10-16(13-29-21)25(32)33-2/h3-13,29H,1-2H3,(H,30,31). The van der Waals surface area contributed by atoms with Crippen LogP contribution < -0.4 is 10.1 Å². The molecule has 0 radical (unpaired) electrons. The Labute approximate surface area is 193 Å². The van der Waals surface area contributed by atoms with E-state index >= 15 is 0 Å². The largest absolute Gasteiger partial charge is 0.465 e. The molecule has 9 heteroatoms. The van der Waals surface area contributed by atoms with Crippen molar-refractivity contribution in [2.24, 2.45) is 0 Å². The van der Waals surface area contributed by atoms with E-state index in [2.05, 4.69) is 20.0 Å². The van der Waals surface area contributed by atoms with Crippen molar-refractivity contribution in [3.05, 3.63) is 95.3 Å². The van der Waals surface area contributed by atoms with Crippen LogP contribution in [0.25, 0.3) is 11.4 Å². The Kier molecular flexibility index (Phi) is 6.35.